The fraction of sp³-hybridized carbons (Fsp3) is 0.348. The van der Waals surface area contributed by atoms with Crippen molar-refractivity contribution in [3.8, 4) is 11.5 Å². The first-order chi connectivity index (χ1) is 14.6. The number of methoxy groups -OCH3 is 3. The van der Waals surface area contributed by atoms with Crippen LogP contribution in [0.4, 0.5) is 0 Å². The molecular formula is C23H29N3O3S. The van der Waals surface area contributed by atoms with Gasteiger partial charge in [-0.05, 0) is 36.8 Å². The zero-order valence-corrected chi connectivity index (χ0v) is 18.6. The maximum atomic E-state index is 5.73. The SMILES string of the molecule is COC[C@@H](C)NC(=S)NC[C@@H](c1cccc(OC)c1OC)c1c[nH]c2ccccc12. The van der Waals surface area contributed by atoms with E-state index in [-0.39, 0.29) is 12.0 Å². The number of hydrogen-bond acceptors (Lipinski definition) is 4. The highest BCUT2D eigenvalue weighted by Crippen LogP contribution is 2.40. The highest BCUT2D eigenvalue weighted by molar-refractivity contribution is 7.80. The van der Waals surface area contributed by atoms with E-state index in [1.165, 1.54) is 5.39 Å². The monoisotopic (exact) mass is 427 g/mol. The Kier molecular flexibility index (Phi) is 7.54. The molecule has 0 radical (unpaired) electrons. The molecule has 0 saturated heterocycles. The van der Waals surface area contributed by atoms with Gasteiger partial charge in [-0.1, -0.05) is 30.3 Å². The summed E-state index contributed by atoms with van der Waals surface area (Å²) in [6.45, 7) is 3.20. The molecule has 2 aromatic carbocycles. The third-order valence-corrected chi connectivity index (χ3v) is 5.33. The van der Waals surface area contributed by atoms with Crippen LogP contribution in [-0.2, 0) is 4.74 Å². The molecule has 7 heteroatoms. The molecule has 0 spiro atoms. The maximum Gasteiger partial charge on any atom is 0.166 e. The summed E-state index contributed by atoms with van der Waals surface area (Å²) >= 11 is 5.51. The Morgan fingerprint density at radius 3 is 2.57 bits per heavy atom. The normalized spacial score (nSPS) is 12.9. The minimum absolute atomic E-state index is 0.0105. The summed E-state index contributed by atoms with van der Waals surface area (Å²) in [7, 11) is 4.99. The average molecular weight is 428 g/mol. The van der Waals surface area contributed by atoms with Crippen molar-refractivity contribution in [3.63, 3.8) is 0 Å². The summed E-state index contributed by atoms with van der Waals surface area (Å²) < 4.78 is 16.4. The van der Waals surface area contributed by atoms with Crippen molar-refractivity contribution in [2.45, 2.75) is 18.9 Å². The molecule has 160 valence electrons. The van der Waals surface area contributed by atoms with E-state index in [0.29, 0.717) is 24.0 Å². The van der Waals surface area contributed by atoms with Crippen molar-refractivity contribution >= 4 is 28.2 Å². The van der Waals surface area contributed by atoms with Gasteiger partial charge in [0.05, 0.1) is 20.8 Å². The summed E-state index contributed by atoms with van der Waals surface area (Å²) in [5, 5.41) is 8.38. The number of nitrogens with one attached hydrogen (secondary N) is 3. The minimum Gasteiger partial charge on any atom is -0.493 e. The summed E-state index contributed by atoms with van der Waals surface area (Å²) in [5.41, 5.74) is 3.29. The van der Waals surface area contributed by atoms with Gasteiger partial charge in [0.25, 0.3) is 0 Å². The molecule has 0 bridgehead atoms. The predicted molar refractivity (Wildman–Crippen MR) is 125 cm³/mol. The molecule has 0 fully saturated rings. The average Bonchev–Trinajstić information content (AvgIpc) is 3.17. The van der Waals surface area contributed by atoms with Crippen LogP contribution in [0.15, 0.2) is 48.7 Å². The number of para-hydroxylation sites is 2. The second-order valence-corrected chi connectivity index (χ2v) is 7.54. The predicted octanol–water partition coefficient (Wildman–Crippen LogP) is 3.82. The number of thiocarbonyl (C=S) groups is 1. The zero-order chi connectivity index (χ0) is 21.5. The first-order valence-electron chi connectivity index (χ1n) is 9.89. The number of benzene rings is 2. The van der Waals surface area contributed by atoms with Gasteiger partial charge in [0, 0.05) is 48.3 Å². The van der Waals surface area contributed by atoms with E-state index >= 15 is 0 Å². The largest absolute Gasteiger partial charge is 0.493 e. The van der Waals surface area contributed by atoms with E-state index in [9.17, 15) is 0 Å². The van der Waals surface area contributed by atoms with Crippen molar-refractivity contribution in [1.29, 1.82) is 0 Å². The van der Waals surface area contributed by atoms with Crippen LogP contribution in [0.3, 0.4) is 0 Å². The van der Waals surface area contributed by atoms with Gasteiger partial charge in [-0.25, -0.2) is 0 Å². The molecule has 1 heterocycles. The van der Waals surface area contributed by atoms with Gasteiger partial charge in [-0.3, -0.25) is 0 Å². The minimum atomic E-state index is -0.0105. The van der Waals surface area contributed by atoms with E-state index in [0.717, 1.165) is 22.4 Å². The zero-order valence-electron chi connectivity index (χ0n) is 17.8. The second kappa shape index (κ2) is 10.3. The van der Waals surface area contributed by atoms with Gasteiger partial charge in [-0.2, -0.15) is 0 Å². The summed E-state index contributed by atoms with van der Waals surface area (Å²) in [4.78, 5) is 3.38. The molecular weight excluding hydrogens is 398 g/mol. The molecule has 0 amide bonds. The van der Waals surface area contributed by atoms with Crippen LogP contribution >= 0.6 is 12.2 Å². The molecule has 3 N–H and O–H groups in total. The smallest absolute Gasteiger partial charge is 0.166 e. The molecule has 3 rings (SSSR count). The van der Waals surface area contributed by atoms with Crippen LogP contribution in [0.5, 0.6) is 11.5 Å². The van der Waals surface area contributed by atoms with Crippen LogP contribution in [-0.4, -0.2) is 50.6 Å². The van der Waals surface area contributed by atoms with E-state index in [1.807, 2.05) is 31.2 Å². The fourth-order valence-corrected chi connectivity index (χ4v) is 4.00. The van der Waals surface area contributed by atoms with Crippen LogP contribution in [0.25, 0.3) is 10.9 Å². The van der Waals surface area contributed by atoms with Gasteiger partial charge in [0.1, 0.15) is 0 Å². The molecule has 2 atom stereocenters. The molecule has 0 aliphatic heterocycles. The lowest BCUT2D eigenvalue weighted by Gasteiger charge is -2.23. The number of rotatable bonds is 9. The van der Waals surface area contributed by atoms with Crippen LogP contribution in [0.1, 0.15) is 24.0 Å². The summed E-state index contributed by atoms with van der Waals surface area (Å²) in [6.07, 6.45) is 2.06. The van der Waals surface area contributed by atoms with E-state index in [1.54, 1.807) is 21.3 Å². The first kappa shape index (κ1) is 21.9. The van der Waals surface area contributed by atoms with Crippen LogP contribution < -0.4 is 20.1 Å². The lowest BCUT2D eigenvalue weighted by atomic mass is 9.90. The number of aromatic amines is 1. The Labute approximate surface area is 182 Å². The van der Waals surface area contributed by atoms with Crippen LogP contribution in [0.2, 0.25) is 0 Å². The van der Waals surface area contributed by atoms with Gasteiger partial charge >= 0.3 is 0 Å². The Morgan fingerprint density at radius 1 is 1.03 bits per heavy atom. The number of fused-ring (bicyclic) bond motifs is 1. The van der Waals surface area contributed by atoms with Crippen molar-refractivity contribution < 1.29 is 14.2 Å². The lowest BCUT2D eigenvalue weighted by Crippen LogP contribution is -2.43. The number of H-pyrrole nitrogens is 1. The molecule has 0 aliphatic rings. The highest BCUT2D eigenvalue weighted by Gasteiger charge is 2.24. The first-order valence-corrected chi connectivity index (χ1v) is 10.3. The molecule has 0 saturated carbocycles. The molecule has 0 aliphatic carbocycles. The van der Waals surface area contributed by atoms with Crippen molar-refractivity contribution in [1.82, 2.24) is 15.6 Å². The fourth-order valence-electron chi connectivity index (χ4n) is 3.72. The van der Waals surface area contributed by atoms with Crippen LogP contribution in [0, 0.1) is 0 Å². The Balaban J connectivity index is 1.95. The molecule has 1 aromatic heterocycles. The molecule has 6 nitrogen and oxygen atoms in total. The highest BCUT2D eigenvalue weighted by atomic mass is 32.1. The standard InChI is InChI=1S/C23H29N3O3S/c1-15(14-27-2)26-23(30)25-13-19(17-9-7-11-21(28-3)22(17)29-4)18-12-24-20-10-6-5-8-16(18)20/h5-12,15,19,24H,13-14H2,1-4H3,(H2,25,26,30)/t15-,19+/m1/s1. The number of ether oxygens (including phenoxy) is 3. The Hall–Kier alpha value is -2.77. The van der Waals surface area contributed by atoms with E-state index in [4.69, 9.17) is 26.4 Å². The summed E-state index contributed by atoms with van der Waals surface area (Å²) in [5.74, 6) is 1.42. The van der Waals surface area contributed by atoms with Gasteiger partial charge in [0.15, 0.2) is 16.6 Å². The van der Waals surface area contributed by atoms with Gasteiger partial charge in [0.2, 0.25) is 0 Å². The second-order valence-electron chi connectivity index (χ2n) is 7.14. The maximum absolute atomic E-state index is 5.73. The molecule has 3 aromatic rings. The topological polar surface area (TPSA) is 67.5 Å². The lowest BCUT2D eigenvalue weighted by molar-refractivity contribution is 0.179. The summed E-state index contributed by atoms with van der Waals surface area (Å²) in [6, 6.07) is 14.3. The quantitative estimate of drug-likeness (QED) is 0.451. The van der Waals surface area contributed by atoms with E-state index in [2.05, 4.69) is 40.0 Å². The van der Waals surface area contributed by atoms with Gasteiger partial charge < -0.3 is 29.8 Å². The van der Waals surface area contributed by atoms with Gasteiger partial charge in [-0.15, -0.1) is 0 Å². The van der Waals surface area contributed by atoms with E-state index < -0.39 is 0 Å². The van der Waals surface area contributed by atoms with Crippen molar-refractivity contribution in [2.75, 3.05) is 34.5 Å². The molecule has 0 unspecified atom stereocenters. The Morgan fingerprint density at radius 2 is 1.83 bits per heavy atom. The van der Waals surface area contributed by atoms with Crippen molar-refractivity contribution in [3.05, 3.63) is 59.8 Å². The number of hydrogen-bond donors (Lipinski definition) is 3. The molecule has 30 heavy (non-hydrogen) atoms. The third-order valence-electron chi connectivity index (χ3n) is 5.07. The Bertz CT molecular complexity index is 989. The third kappa shape index (κ3) is 4.86. The number of aromatic nitrogens is 1. The van der Waals surface area contributed by atoms with Crippen molar-refractivity contribution in [2.24, 2.45) is 0 Å².